The molecule has 4 heteroatoms. The molecule has 21 heavy (non-hydrogen) atoms. The van der Waals surface area contributed by atoms with E-state index in [9.17, 15) is 4.79 Å². The zero-order valence-corrected chi connectivity index (χ0v) is 15.5. The molecule has 1 heterocycles. The monoisotopic (exact) mass is 359 g/mol. The quantitative estimate of drug-likeness (QED) is 0.700. The highest BCUT2D eigenvalue weighted by Crippen LogP contribution is 2.40. The van der Waals surface area contributed by atoms with Gasteiger partial charge in [0.1, 0.15) is 0 Å². The molecule has 0 N–H and O–H groups in total. The van der Waals surface area contributed by atoms with E-state index in [-0.39, 0.29) is 18.1 Å². The fourth-order valence-electron chi connectivity index (χ4n) is 3.78. The molecule has 1 aliphatic carbocycles. The van der Waals surface area contributed by atoms with Gasteiger partial charge in [0.05, 0.1) is 12.2 Å². The van der Waals surface area contributed by atoms with Crippen molar-refractivity contribution in [1.29, 1.82) is 0 Å². The Morgan fingerprint density at radius 2 is 1.81 bits per heavy atom. The van der Waals surface area contributed by atoms with Crippen LogP contribution in [0.25, 0.3) is 0 Å². The summed E-state index contributed by atoms with van der Waals surface area (Å²) in [5.74, 6) is 1.37. The van der Waals surface area contributed by atoms with Gasteiger partial charge in [0.15, 0.2) is 0 Å². The van der Waals surface area contributed by atoms with E-state index < -0.39 is 0 Å². The average molecular weight is 360 g/mol. The molecule has 1 amide bonds. The van der Waals surface area contributed by atoms with Crippen LogP contribution in [0.5, 0.6) is 0 Å². The van der Waals surface area contributed by atoms with Crippen LogP contribution in [0.4, 0.5) is 0 Å². The molecule has 2 unspecified atom stereocenters. The van der Waals surface area contributed by atoms with Crippen LogP contribution in [0.3, 0.4) is 0 Å². The summed E-state index contributed by atoms with van der Waals surface area (Å²) in [6.45, 7) is 10.5. The molecule has 2 rings (SSSR count). The molecule has 2 atom stereocenters. The van der Waals surface area contributed by atoms with E-state index in [2.05, 4.69) is 43.6 Å². The molecule has 0 aromatic heterocycles. The van der Waals surface area contributed by atoms with E-state index in [4.69, 9.17) is 4.74 Å². The second-order valence-corrected chi connectivity index (χ2v) is 8.53. The van der Waals surface area contributed by atoms with Crippen molar-refractivity contribution in [1.82, 2.24) is 4.90 Å². The molecule has 0 radical (unpaired) electrons. The van der Waals surface area contributed by atoms with Gasteiger partial charge in [0.25, 0.3) is 0 Å². The first kappa shape index (κ1) is 17.3. The van der Waals surface area contributed by atoms with Gasteiger partial charge in [0.2, 0.25) is 5.91 Å². The summed E-state index contributed by atoms with van der Waals surface area (Å²) in [5, 5.41) is 0.803. The fraction of sp³-hybridized carbons (Fsp3) is 0.941. The lowest BCUT2D eigenvalue weighted by Crippen LogP contribution is -2.51. The SMILES string of the molecule is CC1CN(C(=O)C2CCC(C(C)(C)C)CC2)CC(CBr)O1. The summed E-state index contributed by atoms with van der Waals surface area (Å²) in [5.41, 5.74) is 0.378. The summed E-state index contributed by atoms with van der Waals surface area (Å²) in [6, 6.07) is 0. The van der Waals surface area contributed by atoms with Crippen LogP contribution >= 0.6 is 15.9 Å². The molecule has 0 bridgehead atoms. The van der Waals surface area contributed by atoms with Crippen LogP contribution in [0.1, 0.15) is 53.4 Å². The number of rotatable bonds is 2. The van der Waals surface area contributed by atoms with Gasteiger partial charge in [-0.15, -0.1) is 0 Å². The van der Waals surface area contributed by atoms with Gasteiger partial charge in [-0.25, -0.2) is 0 Å². The third kappa shape index (κ3) is 4.44. The second kappa shape index (κ2) is 6.99. The Morgan fingerprint density at radius 1 is 1.19 bits per heavy atom. The highest BCUT2D eigenvalue weighted by Gasteiger charge is 2.36. The summed E-state index contributed by atoms with van der Waals surface area (Å²) in [7, 11) is 0. The Bertz CT molecular complexity index is 358. The van der Waals surface area contributed by atoms with Gasteiger partial charge < -0.3 is 9.64 Å². The Labute approximate surface area is 137 Å². The Hall–Kier alpha value is -0.0900. The zero-order valence-electron chi connectivity index (χ0n) is 13.9. The molecule has 1 saturated carbocycles. The first-order valence-electron chi connectivity index (χ1n) is 8.31. The van der Waals surface area contributed by atoms with Crippen molar-refractivity contribution in [2.75, 3.05) is 18.4 Å². The van der Waals surface area contributed by atoms with Crippen LogP contribution in [0.15, 0.2) is 0 Å². The zero-order chi connectivity index (χ0) is 15.6. The maximum Gasteiger partial charge on any atom is 0.225 e. The first-order valence-corrected chi connectivity index (χ1v) is 9.43. The second-order valence-electron chi connectivity index (χ2n) is 7.88. The molecule has 0 aromatic carbocycles. The smallest absolute Gasteiger partial charge is 0.225 e. The number of alkyl halides is 1. The number of morpholine rings is 1. The fourth-order valence-corrected chi connectivity index (χ4v) is 4.13. The number of nitrogens with zero attached hydrogens (tertiary/aromatic N) is 1. The van der Waals surface area contributed by atoms with Gasteiger partial charge >= 0.3 is 0 Å². The molecule has 1 saturated heterocycles. The number of carbonyl (C=O) groups excluding carboxylic acids is 1. The van der Waals surface area contributed by atoms with Crippen LogP contribution in [-0.2, 0) is 9.53 Å². The third-order valence-electron chi connectivity index (χ3n) is 5.11. The summed E-state index contributed by atoms with van der Waals surface area (Å²) >= 11 is 3.48. The van der Waals surface area contributed by atoms with E-state index in [1.165, 1.54) is 12.8 Å². The Kier molecular flexibility index (Phi) is 5.75. The van der Waals surface area contributed by atoms with Gasteiger partial charge in [-0.3, -0.25) is 4.79 Å². The Balaban J connectivity index is 1.89. The van der Waals surface area contributed by atoms with Crippen LogP contribution in [0.2, 0.25) is 0 Å². The molecule has 2 aliphatic rings. The highest BCUT2D eigenvalue weighted by molar-refractivity contribution is 9.09. The minimum absolute atomic E-state index is 0.142. The molecule has 122 valence electrons. The van der Waals surface area contributed by atoms with E-state index in [0.29, 0.717) is 11.3 Å². The van der Waals surface area contributed by atoms with Crippen LogP contribution in [-0.4, -0.2) is 41.4 Å². The molecule has 1 aliphatic heterocycles. The molecular formula is C17H30BrNO2. The lowest BCUT2D eigenvalue weighted by Gasteiger charge is -2.41. The summed E-state index contributed by atoms with van der Waals surface area (Å²) in [4.78, 5) is 14.8. The minimum atomic E-state index is 0.142. The van der Waals surface area contributed by atoms with Crippen LogP contribution < -0.4 is 0 Å². The van der Waals surface area contributed by atoms with Gasteiger partial charge in [-0.2, -0.15) is 0 Å². The summed E-state index contributed by atoms with van der Waals surface area (Å²) < 4.78 is 5.82. The van der Waals surface area contributed by atoms with Crippen molar-refractivity contribution in [3.8, 4) is 0 Å². The van der Waals surface area contributed by atoms with Crippen molar-refractivity contribution in [2.24, 2.45) is 17.3 Å². The number of carbonyl (C=O) groups is 1. The van der Waals surface area contributed by atoms with Crippen molar-refractivity contribution < 1.29 is 9.53 Å². The standard InChI is InChI=1S/C17H30BrNO2/c1-12-10-19(11-15(9-18)21-12)16(20)13-5-7-14(8-6-13)17(2,3)4/h12-15H,5-11H2,1-4H3. The van der Waals surface area contributed by atoms with Gasteiger partial charge in [-0.1, -0.05) is 36.7 Å². The first-order chi connectivity index (χ1) is 9.81. The van der Waals surface area contributed by atoms with Crippen LogP contribution in [0, 0.1) is 17.3 Å². The summed E-state index contributed by atoms with van der Waals surface area (Å²) in [6.07, 6.45) is 4.81. The number of halogens is 1. The average Bonchev–Trinajstić information content (AvgIpc) is 2.45. The van der Waals surface area contributed by atoms with Crippen molar-refractivity contribution in [2.45, 2.75) is 65.6 Å². The minimum Gasteiger partial charge on any atom is -0.371 e. The maximum absolute atomic E-state index is 12.8. The number of ether oxygens (including phenoxy) is 1. The lowest BCUT2D eigenvalue weighted by atomic mass is 9.69. The van der Waals surface area contributed by atoms with Crippen molar-refractivity contribution in [3.05, 3.63) is 0 Å². The van der Waals surface area contributed by atoms with E-state index >= 15 is 0 Å². The molecule has 2 fully saturated rings. The molecule has 0 aromatic rings. The van der Waals surface area contributed by atoms with Crippen molar-refractivity contribution in [3.63, 3.8) is 0 Å². The third-order valence-corrected chi connectivity index (χ3v) is 5.83. The topological polar surface area (TPSA) is 29.5 Å². The molecular weight excluding hydrogens is 330 g/mol. The van der Waals surface area contributed by atoms with E-state index in [1.54, 1.807) is 0 Å². The normalized spacial score (nSPS) is 34.8. The van der Waals surface area contributed by atoms with Crippen molar-refractivity contribution >= 4 is 21.8 Å². The predicted octanol–water partition coefficient (Wildman–Crippen LogP) is 3.85. The maximum atomic E-state index is 12.8. The largest absolute Gasteiger partial charge is 0.371 e. The van der Waals surface area contributed by atoms with Gasteiger partial charge in [-0.05, 0) is 43.9 Å². The lowest BCUT2D eigenvalue weighted by molar-refractivity contribution is -0.148. The number of hydrogen-bond donors (Lipinski definition) is 0. The Morgan fingerprint density at radius 3 is 2.33 bits per heavy atom. The predicted molar refractivity (Wildman–Crippen MR) is 89.6 cm³/mol. The molecule has 3 nitrogen and oxygen atoms in total. The highest BCUT2D eigenvalue weighted by atomic mass is 79.9. The number of hydrogen-bond acceptors (Lipinski definition) is 2. The van der Waals surface area contributed by atoms with E-state index in [1.807, 2.05) is 4.90 Å². The molecule has 0 spiro atoms. The van der Waals surface area contributed by atoms with Gasteiger partial charge in [0, 0.05) is 24.3 Å². The number of amides is 1. The van der Waals surface area contributed by atoms with E-state index in [0.717, 1.165) is 37.2 Å².